The normalized spacial score (nSPS) is 26.3. The number of carbonyl (C=O) groups is 3. The SMILES string of the molecule is CC[C@H](C(=O)N1C[C@@H]2C[C@@H]1CO2)N(C(=O)C1CCC(C)CC1)c1cc(C#CC(C)(C)C)sc1C(=O)O. The second-order valence-corrected chi connectivity index (χ2v) is 12.6. The van der Waals surface area contributed by atoms with Crippen molar-refractivity contribution >= 4 is 34.8 Å². The summed E-state index contributed by atoms with van der Waals surface area (Å²) in [7, 11) is 0. The van der Waals surface area contributed by atoms with Crippen molar-refractivity contribution in [3.05, 3.63) is 15.8 Å². The molecule has 1 aromatic heterocycles. The summed E-state index contributed by atoms with van der Waals surface area (Å²) in [6.07, 6.45) is 4.71. The van der Waals surface area contributed by atoms with Crippen LogP contribution in [0.1, 0.15) is 87.7 Å². The number of likely N-dealkylation sites (tertiary alicyclic amines) is 1. The van der Waals surface area contributed by atoms with Crippen LogP contribution in [0.25, 0.3) is 0 Å². The van der Waals surface area contributed by atoms with E-state index in [0.717, 1.165) is 43.4 Å². The summed E-state index contributed by atoms with van der Waals surface area (Å²) in [5.41, 5.74) is 0.0519. The lowest BCUT2D eigenvalue weighted by atomic mass is 9.82. The van der Waals surface area contributed by atoms with Crippen molar-refractivity contribution in [2.45, 2.75) is 91.3 Å². The Morgan fingerprint density at radius 1 is 1.25 bits per heavy atom. The van der Waals surface area contributed by atoms with Crippen LogP contribution >= 0.6 is 11.3 Å². The minimum Gasteiger partial charge on any atom is -0.477 e. The molecule has 2 bridgehead atoms. The molecule has 1 saturated carbocycles. The van der Waals surface area contributed by atoms with Crippen molar-refractivity contribution in [1.82, 2.24) is 4.90 Å². The molecule has 2 saturated heterocycles. The van der Waals surface area contributed by atoms with E-state index in [1.165, 1.54) is 4.90 Å². The number of carboxylic acids is 1. The van der Waals surface area contributed by atoms with Gasteiger partial charge in [0.25, 0.3) is 0 Å². The van der Waals surface area contributed by atoms with Gasteiger partial charge in [-0.05, 0) is 71.3 Å². The van der Waals surface area contributed by atoms with Crippen molar-refractivity contribution in [3.63, 3.8) is 0 Å². The summed E-state index contributed by atoms with van der Waals surface area (Å²) in [4.78, 5) is 44.3. The van der Waals surface area contributed by atoms with Gasteiger partial charge in [0, 0.05) is 17.9 Å². The Hall–Kier alpha value is -2.37. The number of anilines is 1. The highest BCUT2D eigenvalue weighted by molar-refractivity contribution is 7.15. The van der Waals surface area contributed by atoms with Gasteiger partial charge in [0.15, 0.2) is 0 Å². The van der Waals surface area contributed by atoms with Gasteiger partial charge in [-0.2, -0.15) is 0 Å². The molecule has 196 valence electrons. The Morgan fingerprint density at radius 3 is 2.47 bits per heavy atom. The van der Waals surface area contributed by atoms with Crippen LogP contribution < -0.4 is 4.90 Å². The first-order chi connectivity index (χ1) is 17.0. The molecule has 2 amide bonds. The molecule has 3 fully saturated rings. The van der Waals surface area contributed by atoms with Crippen LogP contribution in [0.3, 0.4) is 0 Å². The van der Waals surface area contributed by atoms with Crippen molar-refractivity contribution in [2.24, 2.45) is 17.3 Å². The van der Waals surface area contributed by atoms with Gasteiger partial charge in [-0.25, -0.2) is 4.79 Å². The topological polar surface area (TPSA) is 87.2 Å². The number of morpholine rings is 1. The van der Waals surface area contributed by atoms with Crippen LogP contribution in [0.4, 0.5) is 5.69 Å². The summed E-state index contributed by atoms with van der Waals surface area (Å²) in [6, 6.07) is 0.969. The standard InChI is InChI=1S/C28H38N2O5S/c1-6-22(26(32)29-15-20-13-19(29)16-35-20)30(25(31)18-9-7-17(2)8-10-18)23-14-21(11-12-28(3,4)5)36-24(23)27(33)34/h14,17-20,22H,6-10,13,15-16H2,1-5H3,(H,33,34)/t17?,18?,19-,20+,22-/m1/s1. The highest BCUT2D eigenvalue weighted by Crippen LogP contribution is 2.38. The Bertz CT molecular complexity index is 1070. The van der Waals surface area contributed by atoms with Gasteiger partial charge in [-0.3, -0.25) is 14.5 Å². The number of nitrogens with zero attached hydrogens (tertiary/aromatic N) is 2. The van der Waals surface area contributed by atoms with Crippen molar-refractivity contribution in [2.75, 3.05) is 18.1 Å². The van der Waals surface area contributed by atoms with E-state index in [2.05, 4.69) is 18.8 Å². The predicted octanol–water partition coefficient (Wildman–Crippen LogP) is 4.78. The molecule has 36 heavy (non-hydrogen) atoms. The number of aromatic carboxylic acids is 1. The van der Waals surface area contributed by atoms with Crippen LogP contribution in [0.15, 0.2) is 6.07 Å². The van der Waals surface area contributed by atoms with E-state index in [1.807, 2.05) is 32.6 Å². The van der Waals surface area contributed by atoms with Crippen LogP contribution in [-0.2, 0) is 14.3 Å². The monoisotopic (exact) mass is 514 g/mol. The zero-order chi connectivity index (χ0) is 26.2. The van der Waals surface area contributed by atoms with E-state index in [1.54, 1.807) is 6.07 Å². The average Bonchev–Trinajstić information content (AvgIpc) is 3.56. The Balaban J connectivity index is 1.75. The predicted molar refractivity (Wildman–Crippen MR) is 140 cm³/mol. The maximum absolute atomic E-state index is 14.1. The number of carbonyl (C=O) groups excluding carboxylic acids is 2. The fourth-order valence-corrected chi connectivity index (χ4v) is 6.34. The van der Waals surface area contributed by atoms with Crippen LogP contribution in [0, 0.1) is 29.1 Å². The second-order valence-electron chi connectivity index (χ2n) is 11.6. The number of fused-ring (bicyclic) bond motifs is 2. The molecule has 3 aliphatic rings. The van der Waals surface area contributed by atoms with E-state index < -0.39 is 12.0 Å². The third kappa shape index (κ3) is 5.63. The molecule has 0 radical (unpaired) electrons. The maximum atomic E-state index is 14.1. The first kappa shape index (κ1) is 26.7. The first-order valence-corrected chi connectivity index (χ1v) is 14.0. The molecule has 3 atom stereocenters. The van der Waals surface area contributed by atoms with Crippen molar-refractivity contribution in [1.29, 1.82) is 0 Å². The fourth-order valence-electron chi connectivity index (χ4n) is 5.50. The molecule has 1 aliphatic carbocycles. The smallest absolute Gasteiger partial charge is 0.348 e. The first-order valence-electron chi connectivity index (χ1n) is 13.1. The van der Waals surface area contributed by atoms with Gasteiger partial charge in [-0.15, -0.1) is 11.3 Å². The molecule has 1 aromatic rings. The molecule has 7 nitrogen and oxygen atoms in total. The molecule has 4 rings (SSSR count). The van der Waals surface area contributed by atoms with Gasteiger partial charge < -0.3 is 14.7 Å². The van der Waals surface area contributed by atoms with Gasteiger partial charge >= 0.3 is 5.97 Å². The van der Waals surface area contributed by atoms with E-state index in [9.17, 15) is 19.5 Å². The van der Waals surface area contributed by atoms with Gasteiger partial charge in [-0.1, -0.05) is 25.7 Å². The minimum absolute atomic E-state index is 0.0265. The van der Waals surface area contributed by atoms with E-state index in [0.29, 0.717) is 36.1 Å². The molecule has 0 spiro atoms. The average molecular weight is 515 g/mol. The number of carboxylic acid groups (broad SMARTS) is 1. The minimum atomic E-state index is -1.11. The van der Waals surface area contributed by atoms with Crippen LogP contribution in [0.5, 0.6) is 0 Å². The molecule has 0 aromatic carbocycles. The summed E-state index contributed by atoms with van der Waals surface area (Å²) >= 11 is 1.07. The lowest BCUT2D eigenvalue weighted by Gasteiger charge is -2.38. The Kier molecular flexibility index (Phi) is 7.82. The lowest BCUT2D eigenvalue weighted by molar-refractivity contribution is -0.139. The highest BCUT2D eigenvalue weighted by Gasteiger charge is 2.46. The number of ether oxygens (including phenoxy) is 1. The second kappa shape index (κ2) is 10.5. The zero-order valence-electron chi connectivity index (χ0n) is 22.0. The molecule has 8 heteroatoms. The summed E-state index contributed by atoms with van der Waals surface area (Å²) in [5, 5.41) is 10.1. The number of rotatable bonds is 6. The fraction of sp³-hybridized carbons (Fsp3) is 0.679. The zero-order valence-corrected chi connectivity index (χ0v) is 22.8. The quantitative estimate of drug-likeness (QED) is 0.552. The number of hydrogen-bond donors (Lipinski definition) is 1. The molecular formula is C28H38N2O5S. The van der Waals surface area contributed by atoms with Gasteiger partial charge in [0.2, 0.25) is 11.8 Å². The summed E-state index contributed by atoms with van der Waals surface area (Å²) in [5.74, 6) is 5.25. The third-order valence-electron chi connectivity index (χ3n) is 7.50. The maximum Gasteiger partial charge on any atom is 0.348 e. The summed E-state index contributed by atoms with van der Waals surface area (Å²) < 4.78 is 5.69. The van der Waals surface area contributed by atoms with E-state index >= 15 is 0 Å². The van der Waals surface area contributed by atoms with E-state index in [4.69, 9.17) is 4.74 Å². The largest absolute Gasteiger partial charge is 0.477 e. The summed E-state index contributed by atoms with van der Waals surface area (Å²) in [6.45, 7) is 11.1. The van der Waals surface area contributed by atoms with Crippen molar-refractivity contribution < 1.29 is 24.2 Å². The third-order valence-corrected chi connectivity index (χ3v) is 8.52. The number of thiophene rings is 1. The highest BCUT2D eigenvalue weighted by atomic mass is 32.1. The Morgan fingerprint density at radius 2 is 1.94 bits per heavy atom. The lowest BCUT2D eigenvalue weighted by Crippen LogP contribution is -2.55. The van der Waals surface area contributed by atoms with E-state index in [-0.39, 0.29) is 40.2 Å². The van der Waals surface area contributed by atoms with Gasteiger partial charge in [0.05, 0.1) is 29.3 Å². The van der Waals surface area contributed by atoms with Crippen LogP contribution in [0.2, 0.25) is 0 Å². The Labute approximate surface area is 218 Å². The molecule has 0 unspecified atom stereocenters. The molecule has 3 heterocycles. The van der Waals surface area contributed by atoms with Crippen LogP contribution in [-0.4, -0.2) is 59.1 Å². The van der Waals surface area contributed by atoms with Crippen molar-refractivity contribution in [3.8, 4) is 11.8 Å². The molecule has 2 aliphatic heterocycles. The molecule has 1 N–H and O–H groups in total. The van der Waals surface area contributed by atoms with Gasteiger partial charge in [0.1, 0.15) is 10.9 Å². The number of hydrogen-bond acceptors (Lipinski definition) is 5. The number of amides is 2. The molecular weight excluding hydrogens is 476 g/mol.